The first kappa shape index (κ1) is 41.3. The molecule has 1 unspecified atom stereocenters. The Morgan fingerprint density at radius 2 is 1.55 bits per heavy atom. The summed E-state index contributed by atoms with van der Waals surface area (Å²) in [7, 11) is 1.42. The summed E-state index contributed by atoms with van der Waals surface area (Å²) in [5, 5.41) is 3.03. The zero-order valence-corrected chi connectivity index (χ0v) is 32.2. The second kappa shape index (κ2) is 17.6. The van der Waals surface area contributed by atoms with E-state index in [2.05, 4.69) is 5.32 Å². The van der Waals surface area contributed by atoms with Gasteiger partial charge in [-0.2, -0.15) is 0 Å². The van der Waals surface area contributed by atoms with Gasteiger partial charge in [-0.15, -0.1) is 0 Å². The van der Waals surface area contributed by atoms with Gasteiger partial charge >= 0.3 is 12.2 Å². The fourth-order valence-corrected chi connectivity index (χ4v) is 6.57. The minimum atomic E-state index is -1.14. The molecule has 3 N–H and O–H groups in total. The van der Waals surface area contributed by atoms with Gasteiger partial charge in [0, 0.05) is 47.8 Å². The van der Waals surface area contributed by atoms with Gasteiger partial charge in [0.25, 0.3) is 0 Å². The Balaban J connectivity index is 1.76. The number of rotatable bonds is 12. The highest BCUT2D eigenvalue weighted by molar-refractivity contribution is 6.33. The predicted molar refractivity (Wildman–Crippen MR) is 199 cm³/mol. The quantitative estimate of drug-likeness (QED) is 0.177. The third-order valence-corrected chi connectivity index (χ3v) is 9.03. The van der Waals surface area contributed by atoms with E-state index in [9.17, 15) is 14.4 Å². The molecule has 1 saturated carbocycles. The Hall–Kier alpha value is -4.42. The van der Waals surface area contributed by atoms with Crippen LogP contribution < -0.4 is 15.8 Å². The van der Waals surface area contributed by atoms with E-state index >= 15 is 8.78 Å². The first-order valence-corrected chi connectivity index (χ1v) is 18.0. The summed E-state index contributed by atoms with van der Waals surface area (Å²) >= 11 is 6.69. The number of ether oxygens (including phenoxy) is 4. The highest BCUT2D eigenvalue weighted by Gasteiger charge is 2.35. The van der Waals surface area contributed by atoms with E-state index < -0.39 is 58.2 Å². The minimum absolute atomic E-state index is 0.0663. The lowest BCUT2D eigenvalue weighted by molar-refractivity contribution is 0.00940. The summed E-state index contributed by atoms with van der Waals surface area (Å²) in [6.45, 7) is 10.9. The Bertz CT molecular complexity index is 1750. The molecule has 10 nitrogen and oxygen atoms in total. The van der Waals surface area contributed by atoms with Crippen molar-refractivity contribution in [2.45, 2.75) is 96.4 Å². The molecule has 0 saturated heterocycles. The number of nitrogens with two attached hydrogens (primary N) is 1. The maximum absolute atomic E-state index is 16.2. The Morgan fingerprint density at radius 1 is 0.906 bits per heavy atom. The van der Waals surface area contributed by atoms with E-state index in [0.717, 1.165) is 11.6 Å². The van der Waals surface area contributed by atoms with Crippen LogP contribution in [-0.2, 0) is 14.2 Å². The van der Waals surface area contributed by atoms with Crippen LogP contribution in [0.2, 0.25) is 5.02 Å². The number of amides is 3. The fraction of sp³-hybridized carbons (Fsp3) is 0.475. The molecular weight excluding hydrogens is 708 g/mol. The molecule has 0 bridgehead atoms. The van der Waals surface area contributed by atoms with Crippen LogP contribution in [0.25, 0.3) is 11.1 Å². The molecule has 288 valence electrons. The van der Waals surface area contributed by atoms with Crippen LogP contribution in [-0.4, -0.2) is 73.1 Å². The van der Waals surface area contributed by atoms with Gasteiger partial charge in [0.05, 0.1) is 12.2 Å². The van der Waals surface area contributed by atoms with E-state index in [-0.39, 0.29) is 48.0 Å². The van der Waals surface area contributed by atoms with Crippen molar-refractivity contribution >= 4 is 29.7 Å². The third-order valence-electron chi connectivity index (χ3n) is 8.71. The average molecular weight is 758 g/mol. The van der Waals surface area contributed by atoms with Crippen molar-refractivity contribution in [3.63, 3.8) is 0 Å². The van der Waals surface area contributed by atoms with Crippen molar-refractivity contribution < 1.29 is 42.1 Å². The van der Waals surface area contributed by atoms with Crippen LogP contribution in [0.5, 0.6) is 5.75 Å². The number of methoxy groups -OCH3 is 1. The summed E-state index contributed by atoms with van der Waals surface area (Å²) in [6.07, 6.45) is 1.40. The van der Waals surface area contributed by atoms with Gasteiger partial charge in [0.1, 0.15) is 17.8 Å². The highest BCUT2D eigenvalue weighted by Crippen LogP contribution is 2.41. The number of primary amides is 1. The van der Waals surface area contributed by atoms with E-state index in [1.54, 1.807) is 64.6 Å². The van der Waals surface area contributed by atoms with Crippen LogP contribution >= 0.6 is 11.6 Å². The molecule has 53 heavy (non-hydrogen) atoms. The molecule has 3 aromatic rings. The van der Waals surface area contributed by atoms with Gasteiger partial charge < -0.3 is 34.9 Å². The number of benzene rings is 3. The number of nitrogens with zero attached hydrogens (tertiary/aromatic N) is 1. The van der Waals surface area contributed by atoms with Crippen molar-refractivity contribution in [2.75, 3.05) is 26.9 Å². The molecule has 4 rings (SSSR count). The number of nitrogens with one attached hydrogen (secondary N) is 1. The van der Waals surface area contributed by atoms with Crippen molar-refractivity contribution in [1.82, 2.24) is 10.2 Å². The van der Waals surface area contributed by atoms with Crippen LogP contribution in [0.15, 0.2) is 54.6 Å². The van der Waals surface area contributed by atoms with E-state index in [0.29, 0.717) is 31.2 Å². The number of hydrogen-bond donors (Lipinski definition) is 2. The van der Waals surface area contributed by atoms with Gasteiger partial charge in [-0.1, -0.05) is 48.0 Å². The van der Waals surface area contributed by atoms with Gasteiger partial charge in [0.15, 0.2) is 17.4 Å². The monoisotopic (exact) mass is 757 g/mol. The zero-order valence-electron chi connectivity index (χ0n) is 31.4. The second-order valence-electron chi connectivity index (χ2n) is 15.1. The van der Waals surface area contributed by atoms with E-state index in [1.165, 1.54) is 7.11 Å². The zero-order chi connectivity index (χ0) is 39.1. The lowest BCUT2D eigenvalue weighted by Gasteiger charge is -2.39. The molecule has 1 atom stereocenters. The predicted octanol–water partition coefficient (Wildman–Crippen LogP) is 8.61. The van der Waals surface area contributed by atoms with Crippen molar-refractivity contribution in [1.29, 1.82) is 0 Å². The summed E-state index contributed by atoms with van der Waals surface area (Å²) in [5.74, 6) is -4.49. The first-order chi connectivity index (χ1) is 24.9. The fourth-order valence-electron chi connectivity index (χ4n) is 6.35. The molecule has 1 fully saturated rings. The third kappa shape index (κ3) is 11.3. The van der Waals surface area contributed by atoms with Gasteiger partial charge in [-0.25, -0.2) is 18.4 Å². The van der Waals surface area contributed by atoms with E-state index in [1.807, 2.05) is 30.3 Å². The average Bonchev–Trinajstić information content (AvgIpc) is 3.06. The number of alkyl carbamates (subject to hydrolysis) is 1. The Labute approximate surface area is 315 Å². The maximum atomic E-state index is 16.2. The number of carbonyl (C=O) groups is 3. The lowest BCUT2D eigenvalue weighted by atomic mass is 9.86. The highest BCUT2D eigenvalue weighted by atomic mass is 35.5. The van der Waals surface area contributed by atoms with Gasteiger partial charge in [-0.05, 0) is 96.6 Å². The number of carbonyl (C=O) groups excluding carboxylic acids is 3. The Morgan fingerprint density at radius 3 is 2.13 bits per heavy atom. The number of hydrogen-bond acceptors (Lipinski definition) is 7. The van der Waals surface area contributed by atoms with Crippen molar-refractivity contribution in [2.24, 2.45) is 5.73 Å². The van der Waals surface area contributed by atoms with Crippen molar-refractivity contribution in [3.8, 4) is 16.9 Å². The van der Waals surface area contributed by atoms with Crippen LogP contribution in [0.3, 0.4) is 0 Å². The minimum Gasteiger partial charge on any atom is -0.485 e. The van der Waals surface area contributed by atoms with Gasteiger partial charge in [-0.3, -0.25) is 4.79 Å². The summed E-state index contributed by atoms with van der Waals surface area (Å²) in [5.41, 5.74) is 5.05. The van der Waals surface area contributed by atoms with E-state index in [4.69, 9.17) is 36.3 Å². The molecule has 0 radical (unpaired) electrons. The van der Waals surface area contributed by atoms with Gasteiger partial charge in [0.2, 0.25) is 5.91 Å². The lowest BCUT2D eigenvalue weighted by Crippen LogP contribution is -2.49. The second-order valence-corrected chi connectivity index (χ2v) is 15.5. The molecule has 3 aromatic carbocycles. The molecule has 0 aliphatic heterocycles. The molecule has 13 heteroatoms. The molecule has 0 aromatic heterocycles. The summed E-state index contributed by atoms with van der Waals surface area (Å²) in [4.78, 5) is 40.8. The van der Waals surface area contributed by atoms with Crippen LogP contribution in [0.4, 0.5) is 18.4 Å². The van der Waals surface area contributed by atoms with Crippen LogP contribution in [0.1, 0.15) is 94.6 Å². The van der Waals surface area contributed by atoms with Crippen molar-refractivity contribution in [3.05, 3.63) is 87.9 Å². The molecule has 1 aliphatic carbocycles. The topological polar surface area (TPSA) is 129 Å². The normalized spacial score (nSPS) is 16.7. The molecule has 3 amide bonds. The SMILES string of the molecule is COCCOc1c(F)cc(C(N)=O)c(-c2cc(C(CN(C(=O)OC(C)(C)C)C3CCC(NC(=O)OC(C)(C)C)CC3)c3ccccc3)ccc2Cl)c1F. The summed E-state index contributed by atoms with van der Waals surface area (Å²) < 4.78 is 53.0. The largest absolute Gasteiger partial charge is 0.485 e. The first-order valence-electron chi connectivity index (χ1n) is 17.7. The molecule has 1 aliphatic rings. The standard InChI is InChI=1S/C40H50ClF2N3O7/c1-39(2,3)52-37(48)45-26-14-16-27(17-15-26)46(38(49)53-40(4,5)6)23-30(24-11-9-8-10-12-24)25-13-18-31(41)28(21-25)33-29(36(44)47)22-32(42)35(34(33)43)51-20-19-50-7/h8-13,18,21-22,26-27,30H,14-17,19-20,23H2,1-7H3,(H2,44,47)(H,45,48). The Kier molecular flexibility index (Phi) is 13.7. The molecular formula is C40H50ClF2N3O7. The summed E-state index contributed by atoms with van der Waals surface area (Å²) in [6, 6.07) is 14.9. The maximum Gasteiger partial charge on any atom is 0.410 e. The molecule has 0 spiro atoms. The smallest absolute Gasteiger partial charge is 0.410 e. The van der Waals surface area contributed by atoms with Crippen LogP contribution in [0, 0.1) is 11.6 Å². The number of halogens is 3. The molecule has 0 heterocycles.